The fraction of sp³-hybridized carbons (Fsp3) is 0.467. The second kappa shape index (κ2) is 8.08. The van der Waals surface area contributed by atoms with Crippen molar-refractivity contribution in [3.63, 3.8) is 0 Å². The number of likely N-dealkylation sites (N-methyl/N-ethyl adjacent to an activating group) is 1. The number of halogens is 2. The van der Waals surface area contributed by atoms with Crippen LogP contribution in [0, 0.1) is 0 Å². The summed E-state index contributed by atoms with van der Waals surface area (Å²) in [7, 11) is 0. The molecule has 1 unspecified atom stereocenters. The molecular weight excluding hydrogens is 370 g/mol. The quantitative estimate of drug-likeness (QED) is 0.736. The van der Waals surface area contributed by atoms with Gasteiger partial charge in [0.1, 0.15) is 5.75 Å². The van der Waals surface area contributed by atoms with Crippen LogP contribution in [0.4, 0.5) is 0 Å². The van der Waals surface area contributed by atoms with Crippen LogP contribution >= 0.6 is 31.9 Å². The SMILES string of the molecule is CCNC(C)/C(C)=C/c1cc(Br)c(OCC)c(Br)c1. The van der Waals surface area contributed by atoms with Crippen molar-refractivity contribution >= 4 is 37.9 Å². The molecule has 0 heterocycles. The summed E-state index contributed by atoms with van der Waals surface area (Å²) in [6.45, 7) is 10.0. The van der Waals surface area contributed by atoms with Gasteiger partial charge >= 0.3 is 0 Å². The summed E-state index contributed by atoms with van der Waals surface area (Å²) in [5, 5.41) is 3.41. The van der Waals surface area contributed by atoms with E-state index < -0.39 is 0 Å². The van der Waals surface area contributed by atoms with Crippen LogP contribution in [0.1, 0.15) is 33.3 Å². The Bertz CT molecular complexity index is 434. The molecule has 2 nitrogen and oxygen atoms in total. The molecule has 0 spiro atoms. The lowest BCUT2D eigenvalue weighted by atomic mass is 10.1. The number of benzene rings is 1. The number of rotatable bonds is 6. The first kappa shape index (κ1) is 16.7. The number of ether oxygens (including phenoxy) is 1. The predicted molar refractivity (Wildman–Crippen MR) is 89.8 cm³/mol. The Morgan fingerprint density at radius 2 is 1.89 bits per heavy atom. The molecule has 1 N–H and O–H groups in total. The molecule has 0 saturated carbocycles. The first-order valence-corrected chi connectivity index (χ1v) is 8.11. The fourth-order valence-corrected chi connectivity index (χ4v) is 3.25. The van der Waals surface area contributed by atoms with E-state index in [2.05, 4.69) is 76.2 Å². The van der Waals surface area contributed by atoms with Crippen molar-refractivity contribution in [2.75, 3.05) is 13.2 Å². The number of nitrogens with one attached hydrogen (secondary N) is 1. The van der Waals surface area contributed by atoms with Gasteiger partial charge in [0.2, 0.25) is 0 Å². The Labute approximate surface area is 132 Å². The van der Waals surface area contributed by atoms with E-state index in [1.165, 1.54) is 5.57 Å². The fourth-order valence-electron chi connectivity index (χ4n) is 1.80. The van der Waals surface area contributed by atoms with Gasteiger partial charge in [-0.25, -0.2) is 0 Å². The van der Waals surface area contributed by atoms with Gasteiger partial charge in [-0.1, -0.05) is 18.6 Å². The van der Waals surface area contributed by atoms with Crippen molar-refractivity contribution in [2.45, 2.75) is 33.7 Å². The number of hydrogen-bond donors (Lipinski definition) is 1. The van der Waals surface area contributed by atoms with Gasteiger partial charge in [0.15, 0.2) is 0 Å². The van der Waals surface area contributed by atoms with Gasteiger partial charge in [0.05, 0.1) is 15.6 Å². The van der Waals surface area contributed by atoms with E-state index in [9.17, 15) is 0 Å². The zero-order valence-electron chi connectivity index (χ0n) is 11.9. The lowest BCUT2D eigenvalue weighted by Gasteiger charge is -2.14. The van der Waals surface area contributed by atoms with Crippen LogP contribution in [-0.4, -0.2) is 19.2 Å². The van der Waals surface area contributed by atoms with E-state index in [1.807, 2.05) is 6.92 Å². The lowest BCUT2D eigenvalue weighted by Crippen LogP contribution is -2.26. The van der Waals surface area contributed by atoms with E-state index >= 15 is 0 Å². The Hall–Kier alpha value is -0.320. The minimum Gasteiger partial charge on any atom is -0.492 e. The van der Waals surface area contributed by atoms with Crippen LogP contribution in [0.25, 0.3) is 6.08 Å². The van der Waals surface area contributed by atoms with E-state index in [0.29, 0.717) is 12.6 Å². The zero-order chi connectivity index (χ0) is 14.4. The Morgan fingerprint density at radius 1 is 1.32 bits per heavy atom. The minimum absolute atomic E-state index is 0.383. The summed E-state index contributed by atoms with van der Waals surface area (Å²) in [4.78, 5) is 0. The van der Waals surface area contributed by atoms with Gasteiger partial charge in [0.25, 0.3) is 0 Å². The van der Waals surface area contributed by atoms with Crippen molar-refractivity contribution in [3.8, 4) is 5.75 Å². The molecular formula is C15H21Br2NO. The van der Waals surface area contributed by atoms with Gasteiger partial charge in [-0.15, -0.1) is 0 Å². The summed E-state index contributed by atoms with van der Waals surface area (Å²) < 4.78 is 7.53. The highest BCUT2D eigenvalue weighted by Gasteiger charge is 2.08. The maximum atomic E-state index is 5.59. The topological polar surface area (TPSA) is 21.3 Å². The van der Waals surface area contributed by atoms with Crippen LogP contribution in [-0.2, 0) is 0 Å². The van der Waals surface area contributed by atoms with Crippen molar-refractivity contribution in [3.05, 3.63) is 32.2 Å². The maximum absolute atomic E-state index is 5.59. The summed E-state index contributed by atoms with van der Waals surface area (Å²) in [6, 6.07) is 4.55. The van der Waals surface area contributed by atoms with E-state index in [0.717, 1.165) is 26.8 Å². The van der Waals surface area contributed by atoms with Crippen molar-refractivity contribution in [1.82, 2.24) is 5.32 Å². The summed E-state index contributed by atoms with van der Waals surface area (Å²) >= 11 is 7.11. The predicted octanol–water partition coefficient (Wildman–Crippen LogP) is 5.01. The second-order valence-electron chi connectivity index (χ2n) is 4.41. The van der Waals surface area contributed by atoms with Crippen LogP contribution < -0.4 is 10.1 Å². The third kappa shape index (κ3) is 4.93. The third-order valence-electron chi connectivity index (χ3n) is 2.90. The average Bonchev–Trinajstić information content (AvgIpc) is 2.34. The molecule has 0 aliphatic carbocycles. The summed E-state index contributed by atoms with van der Waals surface area (Å²) in [5.41, 5.74) is 2.47. The molecule has 0 radical (unpaired) electrons. The molecule has 0 amide bonds. The highest BCUT2D eigenvalue weighted by Crippen LogP contribution is 2.35. The van der Waals surface area contributed by atoms with E-state index in [-0.39, 0.29) is 0 Å². The summed E-state index contributed by atoms with van der Waals surface area (Å²) in [5.74, 6) is 0.858. The zero-order valence-corrected chi connectivity index (χ0v) is 15.1. The largest absolute Gasteiger partial charge is 0.492 e. The molecule has 1 aromatic carbocycles. The lowest BCUT2D eigenvalue weighted by molar-refractivity contribution is 0.336. The van der Waals surface area contributed by atoms with Crippen LogP contribution in [0.2, 0.25) is 0 Å². The molecule has 106 valence electrons. The van der Waals surface area contributed by atoms with Crippen molar-refractivity contribution in [2.24, 2.45) is 0 Å². The first-order valence-electron chi connectivity index (χ1n) is 6.53. The molecule has 1 atom stereocenters. The van der Waals surface area contributed by atoms with E-state index in [4.69, 9.17) is 4.74 Å². The molecule has 19 heavy (non-hydrogen) atoms. The van der Waals surface area contributed by atoms with Gasteiger partial charge in [0, 0.05) is 6.04 Å². The normalized spacial score (nSPS) is 13.5. The summed E-state index contributed by atoms with van der Waals surface area (Å²) in [6.07, 6.45) is 2.19. The first-order chi connectivity index (χ1) is 8.99. The molecule has 0 aliphatic heterocycles. The molecule has 4 heteroatoms. The monoisotopic (exact) mass is 389 g/mol. The third-order valence-corrected chi connectivity index (χ3v) is 4.08. The molecule has 0 bridgehead atoms. The maximum Gasteiger partial charge on any atom is 0.147 e. The molecule has 1 rings (SSSR count). The molecule has 0 fully saturated rings. The van der Waals surface area contributed by atoms with Gasteiger partial charge < -0.3 is 10.1 Å². The Morgan fingerprint density at radius 3 is 2.37 bits per heavy atom. The van der Waals surface area contributed by atoms with Crippen LogP contribution in [0.5, 0.6) is 5.75 Å². The van der Waals surface area contributed by atoms with Crippen LogP contribution in [0.3, 0.4) is 0 Å². The smallest absolute Gasteiger partial charge is 0.147 e. The Balaban J connectivity index is 3.00. The minimum atomic E-state index is 0.383. The highest BCUT2D eigenvalue weighted by atomic mass is 79.9. The standard InChI is InChI=1S/C15H21Br2NO/c1-5-18-11(4)10(3)7-12-8-13(16)15(19-6-2)14(17)9-12/h7-9,11,18H,5-6H2,1-4H3/b10-7+. The molecule has 0 aliphatic rings. The highest BCUT2D eigenvalue weighted by molar-refractivity contribution is 9.11. The van der Waals surface area contributed by atoms with Crippen LogP contribution in [0.15, 0.2) is 26.7 Å². The molecule has 0 saturated heterocycles. The van der Waals surface area contributed by atoms with Gasteiger partial charge in [-0.2, -0.15) is 0 Å². The van der Waals surface area contributed by atoms with Gasteiger partial charge in [-0.3, -0.25) is 0 Å². The average molecular weight is 391 g/mol. The second-order valence-corrected chi connectivity index (χ2v) is 6.12. The van der Waals surface area contributed by atoms with Crippen molar-refractivity contribution < 1.29 is 4.74 Å². The molecule has 1 aromatic rings. The van der Waals surface area contributed by atoms with Gasteiger partial charge in [-0.05, 0) is 76.9 Å². The van der Waals surface area contributed by atoms with E-state index in [1.54, 1.807) is 0 Å². The van der Waals surface area contributed by atoms with Crippen molar-refractivity contribution in [1.29, 1.82) is 0 Å². The number of hydrogen-bond acceptors (Lipinski definition) is 2. The molecule has 0 aromatic heterocycles. The Kier molecular flexibility index (Phi) is 7.11.